The van der Waals surface area contributed by atoms with Crippen LogP contribution >= 0.6 is 10.2 Å². The summed E-state index contributed by atoms with van der Waals surface area (Å²) in [7, 11) is -0.357. The van der Waals surface area contributed by atoms with Crippen molar-refractivity contribution in [3.63, 3.8) is 0 Å². The van der Waals surface area contributed by atoms with Gasteiger partial charge < -0.3 is 0 Å². The Morgan fingerprint density at radius 3 is 2.20 bits per heavy atom. The van der Waals surface area contributed by atoms with Gasteiger partial charge >= 0.3 is 0 Å². The zero-order chi connectivity index (χ0) is 10.7. The molecule has 0 bridgehead atoms. The highest BCUT2D eigenvalue weighted by molar-refractivity contribution is 8.31. The third kappa shape index (κ3) is 2.52. The van der Waals surface area contributed by atoms with E-state index in [1.165, 1.54) is 63.0 Å². The molecule has 0 spiro atoms. The van der Waals surface area contributed by atoms with E-state index in [1.54, 1.807) is 0 Å². The molecular weight excluding hydrogens is 202 g/mol. The largest absolute Gasteiger partial charge is 0.265 e. The molecule has 0 aromatic heterocycles. The van der Waals surface area contributed by atoms with Crippen molar-refractivity contribution in [1.82, 2.24) is 4.31 Å². The zero-order valence-electron chi connectivity index (χ0n) is 10.5. The van der Waals surface area contributed by atoms with Crippen molar-refractivity contribution in [2.75, 3.05) is 24.3 Å². The van der Waals surface area contributed by atoms with E-state index in [0.29, 0.717) is 0 Å². The van der Waals surface area contributed by atoms with E-state index in [2.05, 4.69) is 17.5 Å². The summed E-state index contributed by atoms with van der Waals surface area (Å²) in [6.07, 6.45) is 12.9. The van der Waals surface area contributed by atoms with Crippen LogP contribution in [-0.2, 0) is 0 Å². The first kappa shape index (κ1) is 11.8. The Bertz CT molecular complexity index is 193. The van der Waals surface area contributed by atoms with E-state index in [4.69, 9.17) is 0 Å². The van der Waals surface area contributed by atoms with Gasteiger partial charge in [0.05, 0.1) is 0 Å². The number of hydrogen-bond donors (Lipinski definition) is 0. The van der Waals surface area contributed by atoms with Crippen molar-refractivity contribution in [2.45, 2.75) is 57.9 Å². The molecule has 2 heteroatoms. The second-order valence-corrected chi connectivity index (χ2v) is 9.15. The minimum absolute atomic E-state index is 0.357. The van der Waals surface area contributed by atoms with E-state index in [-0.39, 0.29) is 10.2 Å². The summed E-state index contributed by atoms with van der Waals surface area (Å²) in [6, 6.07) is 0.961. The summed E-state index contributed by atoms with van der Waals surface area (Å²) in [5.41, 5.74) is 0. The molecule has 1 nitrogen and oxygen atoms in total. The van der Waals surface area contributed by atoms with Crippen LogP contribution in [0.4, 0.5) is 0 Å². The fraction of sp³-hybridized carbons (Fsp3) is 1.00. The molecule has 2 rings (SSSR count). The second-order valence-electron chi connectivity index (χ2n) is 5.42. The Labute approximate surface area is 97.1 Å². The van der Waals surface area contributed by atoms with Gasteiger partial charge in [-0.05, 0) is 49.9 Å². The van der Waals surface area contributed by atoms with Gasteiger partial charge in [0.15, 0.2) is 0 Å². The Morgan fingerprint density at radius 1 is 1.07 bits per heavy atom. The Morgan fingerprint density at radius 2 is 1.67 bits per heavy atom. The average molecular weight is 229 g/mol. The molecule has 0 atom stereocenters. The highest BCUT2D eigenvalue weighted by atomic mass is 32.3. The highest BCUT2D eigenvalue weighted by Gasteiger charge is 2.35. The molecule has 0 amide bonds. The van der Waals surface area contributed by atoms with E-state index >= 15 is 0 Å². The molecule has 1 saturated carbocycles. The Hall–Kier alpha value is 0.310. The van der Waals surface area contributed by atoms with Crippen molar-refractivity contribution in [3.05, 3.63) is 0 Å². The SMILES string of the molecule is CCCN(C1CCCC1)S1(C)CCCC1. The van der Waals surface area contributed by atoms with Gasteiger partial charge in [0.1, 0.15) is 0 Å². The lowest BCUT2D eigenvalue weighted by molar-refractivity contribution is 0.348. The summed E-state index contributed by atoms with van der Waals surface area (Å²) >= 11 is 0. The molecule has 2 aliphatic rings. The molecule has 0 radical (unpaired) electrons. The molecule has 1 saturated heterocycles. The van der Waals surface area contributed by atoms with Gasteiger partial charge in [-0.2, -0.15) is 10.2 Å². The van der Waals surface area contributed by atoms with Crippen LogP contribution < -0.4 is 0 Å². The Balaban J connectivity index is 2.03. The van der Waals surface area contributed by atoms with E-state index in [1.807, 2.05) is 0 Å². The summed E-state index contributed by atoms with van der Waals surface area (Å²) in [6.45, 7) is 3.72. The fourth-order valence-electron chi connectivity index (χ4n) is 3.34. The maximum atomic E-state index is 2.97. The van der Waals surface area contributed by atoms with E-state index < -0.39 is 0 Å². The van der Waals surface area contributed by atoms with Crippen molar-refractivity contribution >= 4 is 10.2 Å². The van der Waals surface area contributed by atoms with Crippen molar-refractivity contribution < 1.29 is 0 Å². The smallest absolute Gasteiger partial charge is 0.0187 e. The predicted molar refractivity (Wildman–Crippen MR) is 71.7 cm³/mol. The molecule has 0 aromatic carbocycles. The van der Waals surface area contributed by atoms with E-state index in [9.17, 15) is 0 Å². The van der Waals surface area contributed by atoms with Gasteiger partial charge in [-0.1, -0.05) is 19.8 Å². The zero-order valence-corrected chi connectivity index (χ0v) is 11.3. The quantitative estimate of drug-likeness (QED) is 0.709. The summed E-state index contributed by atoms with van der Waals surface area (Å²) < 4.78 is 2.97. The van der Waals surface area contributed by atoms with Crippen LogP contribution in [0.5, 0.6) is 0 Å². The minimum atomic E-state index is -0.357. The monoisotopic (exact) mass is 229 g/mol. The first-order chi connectivity index (χ1) is 7.26. The third-order valence-electron chi connectivity index (χ3n) is 4.16. The van der Waals surface area contributed by atoms with Gasteiger partial charge in [0, 0.05) is 12.6 Å². The van der Waals surface area contributed by atoms with Crippen LogP contribution in [0.15, 0.2) is 0 Å². The van der Waals surface area contributed by atoms with Crippen LogP contribution in [0.2, 0.25) is 0 Å². The van der Waals surface area contributed by atoms with E-state index in [0.717, 1.165) is 6.04 Å². The predicted octanol–water partition coefficient (Wildman–Crippen LogP) is 3.78. The lowest BCUT2D eigenvalue weighted by Crippen LogP contribution is -2.37. The average Bonchev–Trinajstić information content (AvgIpc) is 2.85. The van der Waals surface area contributed by atoms with Gasteiger partial charge in [-0.25, -0.2) is 0 Å². The van der Waals surface area contributed by atoms with Gasteiger partial charge in [-0.3, -0.25) is 4.31 Å². The topological polar surface area (TPSA) is 3.24 Å². The molecule has 1 aliphatic heterocycles. The molecule has 0 unspecified atom stereocenters. The molecule has 15 heavy (non-hydrogen) atoms. The van der Waals surface area contributed by atoms with Crippen molar-refractivity contribution in [2.24, 2.45) is 0 Å². The van der Waals surface area contributed by atoms with Crippen LogP contribution in [0, 0.1) is 0 Å². The second kappa shape index (κ2) is 5.09. The van der Waals surface area contributed by atoms with Gasteiger partial charge in [0.2, 0.25) is 0 Å². The highest BCUT2D eigenvalue weighted by Crippen LogP contribution is 2.56. The van der Waals surface area contributed by atoms with Crippen molar-refractivity contribution in [1.29, 1.82) is 0 Å². The fourth-order valence-corrected chi connectivity index (χ4v) is 7.22. The molecule has 0 N–H and O–H groups in total. The number of nitrogens with zero attached hydrogens (tertiary/aromatic N) is 1. The van der Waals surface area contributed by atoms with Gasteiger partial charge in [0.25, 0.3) is 0 Å². The lowest BCUT2D eigenvalue weighted by Gasteiger charge is -2.47. The standard InChI is InChI=1S/C13H27NS/c1-3-10-14(13-8-4-5-9-13)15(2)11-6-7-12-15/h13H,3-12H2,1-2H3. The number of hydrogen-bond acceptors (Lipinski definition) is 1. The molecule has 90 valence electrons. The maximum absolute atomic E-state index is 2.97. The molecule has 1 aliphatic carbocycles. The molecule has 0 aromatic rings. The first-order valence-corrected chi connectivity index (χ1v) is 9.10. The summed E-state index contributed by atoms with van der Waals surface area (Å²) in [4.78, 5) is 0. The first-order valence-electron chi connectivity index (χ1n) is 6.77. The van der Waals surface area contributed by atoms with Gasteiger partial charge in [-0.15, -0.1) is 0 Å². The molecular formula is C13H27NS. The lowest BCUT2D eigenvalue weighted by atomic mass is 10.2. The maximum Gasteiger partial charge on any atom is 0.0187 e. The minimum Gasteiger partial charge on any atom is -0.265 e. The summed E-state index contributed by atoms with van der Waals surface area (Å²) in [5, 5.41) is 0. The summed E-state index contributed by atoms with van der Waals surface area (Å²) in [5.74, 6) is 3.06. The van der Waals surface area contributed by atoms with Crippen LogP contribution in [-0.4, -0.2) is 34.7 Å². The number of rotatable bonds is 4. The molecule has 2 fully saturated rings. The molecule has 1 heterocycles. The Kier molecular flexibility index (Phi) is 4.00. The van der Waals surface area contributed by atoms with Crippen LogP contribution in [0.3, 0.4) is 0 Å². The van der Waals surface area contributed by atoms with Crippen molar-refractivity contribution in [3.8, 4) is 0 Å². The van der Waals surface area contributed by atoms with Crippen LogP contribution in [0.25, 0.3) is 0 Å². The van der Waals surface area contributed by atoms with Crippen LogP contribution in [0.1, 0.15) is 51.9 Å². The normalized spacial score (nSPS) is 28.7. The third-order valence-corrected chi connectivity index (χ3v) is 8.11.